The zero-order valence-corrected chi connectivity index (χ0v) is 14.7. The van der Waals surface area contributed by atoms with E-state index >= 15 is 0 Å². The van der Waals surface area contributed by atoms with E-state index in [1.54, 1.807) is 13.0 Å². The summed E-state index contributed by atoms with van der Waals surface area (Å²) in [5, 5.41) is 0. The molecule has 7 heteroatoms. The minimum atomic E-state index is -3.71. The first kappa shape index (κ1) is 18.7. The van der Waals surface area contributed by atoms with E-state index in [0.29, 0.717) is 29.9 Å². The molecule has 126 valence electrons. The third-order valence-electron chi connectivity index (χ3n) is 4.07. The summed E-state index contributed by atoms with van der Waals surface area (Å²) in [5.74, 6) is 0.870. The summed E-state index contributed by atoms with van der Waals surface area (Å²) in [6, 6.07) is 3.12. The van der Waals surface area contributed by atoms with E-state index in [0.717, 1.165) is 0 Å². The van der Waals surface area contributed by atoms with Gasteiger partial charge in [0.05, 0.1) is 19.1 Å². The highest BCUT2D eigenvalue weighted by atomic mass is 32.2. The molecule has 0 aromatic heterocycles. The summed E-state index contributed by atoms with van der Waals surface area (Å²) in [7, 11) is -0.725. The van der Waals surface area contributed by atoms with E-state index in [2.05, 4.69) is 4.72 Å². The minimum absolute atomic E-state index is 0.171. The van der Waals surface area contributed by atoms with Crippen molar-refractivity contribution >= 4 is 10.0 Å². The largest absolute Gasteiger partial charge is 0.493 e. The molecule has 1 rings (SSSR count). The lowest BCUT2D eigenvalue weighted by molar-refractivity contribution is 0.352. The van der Waals surface area contributed by atoms with Crippen LogP contribution in [0.5, 0.6) is 11.5 Å². The molecular weight excluding hydrogens is 304 g/mol. The fourth-order valence-electron chi connectivity index (χ4n) is 2.32. The zero-order chi connectivity index (χ0) is 17.0. The van der Waals surface area contributed by atoms with E-state index in [1.165, 1.54) is 20.3 Å². The molecule has 0 atom stereocenters. The number of sulfonamides is 1. The molecule has 0 spiro atoms. The Hall–Kier alpha value is -1.31. The van der Waals surface area contributed by atoms with Gasteiger partial charge >= 0.3 is 0 Å². The monoisotopic (exact) mass is 330 g/mol. The molecule has 0 aliphatic rings. The second kappa shape index (κ2) is 7.30. The van der Waals surface area contributed by atoms with E-state index in [9.17, 15) is 8.42 Å². The smallest absolute Gasteiger partial charge is 0.241 e. The Kier molecular flexibility index (Phi) is 6.22. The predicted molar refractivity (Wildman–Crippen MR) is 87.0 cm³/mol. The van der Waals surface area contributed by atoms with Gasteiger partial charge in [-0.15, -0.1) is 0 Å². The summed E-state index contributed by atoms with van der Waals surface area (Å²) in [4.78, 5) is 0.171. The third kappa shape index (κ3) is 3.71. The molecule has 22 heavy (non-hydrogen) atoms. The highest BCUT2D eigenvalue weighted by molar-refractivity contribution is 7.89. The molecule has 0 saturated carbocycles. The van der Waals surface area contributed by atoms with Crippen LogP contribution in [0.2, 0.25) is 0 Å². The molecule has 0 saturated heterocycles. The average Bonchev–Trinajstić information content (AvgIpc) is 2.52. The van der Waals surface area contributed by atoms with Crippen LogP contribution in [0.4, 0.5) is 0 Å². The summed E-state index contributed by atoms with van der Waals surface area (Å²) in [5.41, 5.74) is 5.73. The fraction of sp³-hybridized carbons (Fsp3) is 0.600. The van der Waals surface area contributed by atoms with Crippen molar-refractivity contribution in [2.45, 2.75) is 44.0 Å². The van der Waals surface area contributed by atoms with E-state index < -0.39 is 15.6 Å². The van der Waals surface area contributed by atoms with Gasteiger partial charge in [0, 0.05) is 18.2 Å². The van der Waals surface area contributed by atoms with Gasteiger partial charge in [0.2, 0.25) is 10.0 Å². The lowest BCUT2D eigenvalue weighted by Gasteiger charge is -2.31. The summed E-state index contributed by atoms with van der Waals surface area (Å²) in [6.07, 6.45) is 1.23. The number of rotatable bonds is 8. The fourth-order valence-corrected chi connectivity index (χ4v) is 4.11. The first-order chi connectivity index (χ1) is 10.3. The molecule has 1 aromatic carbocycles. The molecule has 0 fully saturated rings. The van der Waals surface area contributed by atoms with Gasteiger partial charge in [0.15, 0.2) is 11.5 Å². The van der Waals surface area contributed by atoms with Gasteiger partial charge in [0.1, 0.15) is 0 Å². The van der Waals surface area contributed by atoms with Crippen molar-refractivity contribution in [1.82, 2.24) is 4.72 Å². The summed E-state index contributed by atoms with van der Waals surface area (Å²) < 4.78 is 38.6. The van der Waals surface area contributed by atoms with Gasteiger partial charge in [-0.25, -0.2) is 13.1 Å². The molecule has 1 aromatic rings. The third-order valence-corrected chi connectivity index (χ3v) is 5.79. The van der Waals surface area contributed by atoms with Crippen molar-refractivity contribution < 1.29 is 17.9 Å². The number of nitrogens with two attached hydrogens (primary N) is 1. The van der Waals surface area contributed by atoms with Crippen LogP contribution < -0.4 is 19.9 Å². The molecule has 0 bridgehead atoms. The SMILES string of the molecule is CCC(CC)(CN)NS(=O)(=O)c1cc(OC)c(OC)cc1C. The van der Waals surface area contributed by atoms with E-state index in [4.69, 9.17) is 15.2 Å². The minimum Gasteiger partial charge on any atom is -0.493 e. The van der Waals surface area contributed by atoms with Crippen LogP contribution in [0.1, 0.15) is 32.3 Å². The van der Waals surface area contributed by atoms with Crippen LogP contribution >= 0.6 is 0 Å². The standard InChI is InChI=1S/C15H26N2O4S/c1-6-15(7-2,10-16)17-22(18,19)14-9-13(21-5)12(20-4)8-11(14)3/h8-9,17H,6-7,10,16H2,1-5H3. The van der Waals surface area contributed by atoms with Gasteiger partial charge in [-0.2, -0.15) is 0 Å². The van der Waals surface area contributed by atoms with Crippen molar-refractivity contribution in [1.29, 1.82) is 0 Å². The van der Waals surface area contributed by atoms with Crippen LogP contribution in [0.3, 0.4) is 0 Å². The van der Waals surface area contributed by atoms with Crippen LogP contribution in [0, 0.1) is 6.92 Å². The van der Waals surface area contributed by atoms with Gasteiger partial charge in [-0.3, -0.25) is 0 Å². The summed E-state index contributed by atoms with van der Waals surface area (Å²) >= 11 is 0. The molecule has 6 nitrogen and oxygen atoms in total. The summed E-state index contributed by atoms with van der Waals surface area (Å²) in [6.45, 7) is 5.80. The number of nitrogens with one attached hydrogen (secondary N) is 1. The zero-order valence-electron chi connectivity index (χ0n) is 13.9. The normalized spacial score (nSPS) is 12.3. The maximum absolute atomic E-state index is 12.8. The van der Waals surface area contributed by atoms with Crippen LogP contribution in [0.15, 0.2) is 17.0 Å². The van der Waals surface area contributed by atoms with Crippen molar-refractivity contribution in [3.8, 4) is 11.5 Å². The highest BCUT2D eigenvalue weighted by Crippen LogP contribution is 2.33. The first-order valence-electron chi connectivity index (χ1n) is 7.25. The van der Waals surface area contributed by atoms with Crippen molar-refractivity contribution in [3.05, 3.63) is 17.7 Å². The number of benzene rings is 1. The van der Waals surface area contributed by atoms with Crippen LogP contribution in [-0.4, -0.2) is 34.7 Å². The van der Waals surface area contributed by atoms with Crippen molar-refractivity contribution in [2.24, 2.45) is 5.73 Å². The van der Waals surface area contributed by atoms with E-state index in [-0.39, 0.29) is 11.4 Å². The second-order valence-electron chi connectivity index (χ2n) is 5.27. The number of ether oxygens (including phenoxy) is 2. The molecule has 0 amide bonds. The number of hydrogen-bond acceptors (Lipinski definition) is 5. The Labute approximate surface area is 133 Å². The topological polar surface area (TPSA) is 90.7 Å². The van der Waals surface area contributed by atoms with E-state index in [1.807, 2.05) is 13.8 Å². The Bertz CT molecular complexity index is 602. The van der Waals surface area contributed by atoms with Gasteiger partial charge in [0.25, 0.3) is 0 Å². The van der Waals surface area contributed by atoms with Gasteiger partial charge in [-0.1, -0.05) is 13.8 Å². The van der Waals surface area contributed by atoms with Crippen LogP contribution in [0.25, 0.3) is 0 Å². The molecule has 0 radical (unpaired) electrons. The highest BCUT2D eigenvalue weighted by Gasteiger charge is 2.32. The second-order valence-corrected chi connectivity index (χ2v) is 6.92. The van der Waals surface area contributed by atoms with Crippen molar-refractivity contribution in [2.75, 3.05) is 20.8 Å². The lowest BCUT2D eigenvalue weighted by atomic mass is 9.95. The Balaban J connectivity index is 3.34. The van der Waals surface area contributed by atoms with Crippen LogP contribution in [-0.2, 0) is 10.0 Å². The Morgan fingerprint density at radius 3 is 2.05 bits per heavy atom. The molecule has 3 N–H and O–H groups in total. The Morgan fingerprint density at radius 1 is 1.14 bits per heavy atom. The molecular formula is C15H26N2O4S. The maximum Gasteiger partial charge on any atom is 0.241 e. The number of methoxy groups -OCH3 is 2. The molecule has 0 unspecified atom stereocenters. The maximum atomic E-state index is 12.8. The molecule has 0 heterocycles. The molecule has 0 aliphatic carbocycles. The lowest BCUT2D eigenvalue weighted by Crippen LogP contribution is -2.52. The first-order valence-corrected chi connectivity index (χ1v) is 8.74. The quantitative estimate of drug-likeness (QED) is 0.758. The average molecular weight is 330 g/mol. The molecule has 0 aliphatic heterocycles. The predicted octanol–water partition coefficient (Wildman–Crippen LogP) is 1.81. The van der Waals surface area contributed by atoms with Gasteiger partial charge < -0.3 is 15.2 Å². The Morgan fingerprint density at radius 2 is 1.64 bits per heavy atom. The van der Waals surface area contributed by atoms with Gasteiger partial charge in [-0.05, 0) is 31.4 Å². The van der Waals surface area contributed by atoms with Crippen molar-refractivity contribution in [3.63, 3.8) is 0 Å². The number of hydrogen-bond donors (Lipinski definition) is 2. The number of aryl methyl sites for hydroxylation is 1.